The number of hydrogen-bond donors (Lipinski definition) is 0. The molecular weight excluding hydrogens is 284 g/mol. The first kappa shape index (κ1) is 14.2. The van der Waals surface area contributed by atoms with Crippen LogP contribution in [0.25, 0.3) is 5.69 Å². The van der Waals surface area contributed by atoms with E-state index in [4.69, 9.17) is 4.74 Å². The highest BCUT2D eigenvalue weighted by Crippen LogP contribution is 2.32. The number of carbonyl (C=O) groups excluding carboxylic acids is 1. The minimum Gasteiger partial charge on any atom is -0.462 e. The third-order valence-electron chi connectivity index (χ3n) is 3.60. The Morgan fingerprint density at radius 2 is 2.19 bits per heavy atom. The van der Waals surface area contributed by atoms with Gasteiger partial charge in [-0.05, 0) is 38.0 Å². The standard InChI is InChI=1S/C16H18N2O2S/c1-10-4-5-11(2)13(8-10)18-7-6-17-16(18)21-14-9-12(3)20-15(14)19/h4-8,12,14H,9H2,1-3H3. The van der Waals surface area contributed by atoms with Gasteiger partial charge in [0.2, 0.25) is 0 Å². The summed E-state index contributed by atoms with van der Waals surface area (Å²) in [5, 5.41) is 0.672. The van der Waals surface area contributed by atoms with Crippen LogP contribution in [0.5, 0.6) is 0 Å². The highest BCUT2D eigenvalue weighted by atomic mass is 32.2. The zero-order valence-electron chi connectivity index (χ0n) is 12.4. The third kappa shape index (κ3) is 2.83. The molecule has 0 amide bonds. The average molecular weight is 302 g/mol. The van der Waals surface area contributed by atoms with Gasteiger partial charge < -0.3 is 4.74 Å². The number of thioether (sulfide) groups is 1. The molecule has 1 aromatic carbocycles. The van der Waals surface area contributed by atoms with Gasteiger partial charge in [0.25, 0.3) is 0 Å². The molecule has 1 aliphatic rings. The average Bonchev–Trinajstić information content (AvgIpc) is 3.00. The number of rotatable bonds is 3. The van der Waals surface area contributed by atoms with Crippen LogP contribution in [0, 0.1) is 13.8 Å². The monoisotopic (exact) mass is 302 g/mol. The van der Waals surface area contributed by atoms with Crippen molar-refractivity contribution < 1.29 is 9.53 Å². The van der Waals surface area contributed by atoms with E-state index in [9.17, 15) is 4.79 Å². The van der Waals surface area contributed by atoms with Gasteiger partial charge in [0.05, 0.1) is 5.69 Å². The SMILES string of the molecule is Cc1ccc(C)c(-n2ccnc2SC2CC(C)OC2=O)c1. The molecule has 0 spiro atoms. The van der Waals surface area contributed by atoms with Crippen LogP contribution in [0.2, 0.25) is 0 Å². The van der Waals surface area contributed by atoms with Crippen molar-refractivity contribution in [2.24, 2.45) is 0 Å². The second-order valence-corrected chi connectivity index (χ2v) is 6.63. The molecule has 5 heteroatoms. The fraction of sp³-hybridized carbons (Fsp3) is 0.375. The number of carbonyl (C=O) groups is 1. The lowest BCUT2D eigenvalue weighted by Crippen LogP contribution is -2.11. The van der Waals surface area contributed by atoms with Gasteiger partial charge >= 0.3 is 5.97 Å². The molecule has 1 aromatic heterocycles. The highest BCUT2D eigenvalue weighted by molar-refractivity contribution is 8.00. The van der Waals surface area contributed by atoms with Crippen molar-refractivity contribution in [1.29, 1.82) is 0 Å². The van der Waals surface area contributed by atoms with E-state index in [1.54, 1.807) is 6.20 Å². The molecule has 3 rings (SSSR count). The Balaban J connectivity index is 1.91. The van der Waals surface area contributed by atoms with Crippen LogP contribution in [0.15, 0.2) is 35.7 Å². The van der Waals surface area contributed by atoms with Crippen molar-refractivity contribution >= 4 is 17.7 Å². The van der Waals surface area contributed by atoms with Crippen LogP contribution in [0.1, 0.15) is 24.5 Å². The Kier molecular flexibility index (Phi) is 3.76. The van der Waals surface area contributed by atoms with Crippen LogP contribution in [0.4, 0.5) is 0 Å². The first-order chi connectivity index (χ1) is 10.0. The summed E-state index contributed by atoms with van der Waals surface area (Å²) in [6, 6.07) is 6.33. The van der Waals surface area contributed by atoms with Crippen molar-refractivity contribution in [2.75, 3.05) is 0 Å². The van der Waals surface area contributed by atoms with E-state index < -0.39 is 0 Å². The molecule has 2 atom stereocenters. The van der Waals surface area contributed by atoms with Crippen molar-refractivity contribution in [2.45, 2.75) is 43.7 Å². The predicted octanol–water partition coefficient (Wildman–Crippen LogP) is 3.29. The summed E-state index contributed by atoms with van der Waals surface area (Å²) in [5.41, 5.74) is 3.49. The Labute approximate surface area is 128 Å². The molecule has 1 fully saturated rings. The van der Waals surface area contributed by atoms with E-state index in [0.717, 1.165) is 17.3 Å². The zero-order valence-corrected chi connectivity index (χ0v) is 13.2. The lowest BCUT2D eigenvalue weighted by molar-refractivity contribution is -0.140. The Bertz CT molecular complexity index is 681. The largest absolute Gasteiger partial charge is 0.462 e. The van der Waals surface area contributed by atoms with E-state index in [0.29, 0.717) is 0 Å². The van der Waals surface area contributed by atoms with Crippen LogP contribution < -0.4 is 0 Å². The molecule has 0 N–H and O–H groups in total. The number of imidazole rings is 1. The molecule has 21 heavy (non-hydrogen) atoms. The maximum Gasteiger partial charge on any atom is 0.319 e. The van der Waals surface area contributed by atoms with Gasteiger partial charge in [-0.3, -0.25) is 9.36 Å². The van der Waals surface area contributed by atoms with Crippen LogP contribution in [0.3, 0.4) is 0 Å². The number of aromatic nitrogens is 2. The quantitative estimate of drug-likeness (QED) is 0.816. The molecule has 4 nitrogen and oxygen atoms in total. The van der Waals surface area contributed by atoms with E-state index in [2.05, 4.69) is 37.0 Å². The van der Waals surface area contributed by atoms with Gasteiger partial charge in [0.1, 0.15) is 11.4 Å². The summed E-state index contributed by atoms with van der Waals surface area (Å²) in [5.74, 6) is -0.136. The minimum absolute atomic E-state index is 0.000817. The van der Waals surface area contributed by atoms with Gasteiger partial charge in [-0.1, -0.05) is 23.9 Å². The maximum absolute atomic E-state index is 11.8. The van der Waals surface area contributed by atoms with Crippen molar-refractivity contribution in [3.63, 3.8) is 0 Å². The smallest absolute Gasteiger partial charge is 0.319 e. The summed E-state index contributed by atoms with van der Waals surface area (Å²) in [6.45, 7) is 6.08. The number of cyclic esters (lactones) is 1. The summed E-state index contributed by atoms with van der Waals surface area (Å²) in [6.07, 6.45) is 4.45. The van der Waals surface area contributed by atoms with Crippen molar-refractivity contribution in [3.05, 3.63) is 41.7 Å². The lowest BCUT2D eigenvalue weighted by atomic mass is 10.1. The summed E-state index contributed by atoms with van der Waals surface area (Å²) in [4.78, 5) is 16.2. The third-order valence-corrected chi connectivity index (χ3v) is 4.79. The highest BCUT2D eigenvalue weighted by Gasteiger charge is 2.33. The summed E-state index contributed by atoms with van der Waals surface area (Å²) >= 11 is 1.48. The van der Waals surface area contributed by atoms with E-state index in [1.807, 2.05) is 17.7 Å². The molecule has 1 saturated heterocycles. The summed E-state index contributed by atoms with van der Waals surface area (Å²) in [7, 11) is 0. The number of ether oxygens (including phenoxy) is 1. The number of aryl methyl sites for hydroxylation is 2. The maximum atomic E-state index is 11.8. The van der Waals surface area contributed by atoms with Crippen LogP contribution >= 0.6 is 11.8 Å². The fourth-order valence-electron chi connectivity index (χ4n) is 2.48. The molecular formula is C16H18N2O2S. The molecule has 110 valence electrons. The lowest BCUT2D eigenvalue weighted by Gasteiger charge is -2.12. The first-order valence-electron chi connectivity index (χ1n) is 7.02. The number of hydrogen-bond acceptors (Lipinski definition) is 4. The first-order valence-corrected chi connectivity index (χ1v) is 7.90. The van der Waals surface area contributed by atoms with E-state index >= 15 is 0 Å². The van der Waals surface area contributed by atoms with E-state index in [1.165, 1.54) is 22.9 Å². The molecule has 1 aliphatic heterocycles. The molecule has 0 saturated carbocycles. The molecule has 2 aromatic rings. The van der Waals surface area contributed by atoms with E-state index in [-0.39, 0.29) is 17.3 Å². The minimum atomic E-state index is -0.161. The fourth-order valence-corrected chi connectivity index (χ4v) is 3.65. The molecule has 2 unspecified atom stereocenters. The number of esters is 1. The topological polar surface area (TPSA) is 44.1 Å². The predicted molar refractivity (Wildman–Crippen MR) is 82.9 cm³/mol. The Morgan fingerprint density at radius 3 is 2.90 bits per heavy atom. The number of nitrogens with zero attached hydrogens (tertiary/aromatic N) is 2. The number of benzene rings is 1. The zero-order chi connectivity index (χ0) is 15.0. The second kappa shape index (κ2) is 5.56. The van der Waals surface area contributed by atoms with Gasteiger partial charge in [0.15, 0.2) is 5.16 Å². The molecule has 2 heterocycles. The van der Waals surface area contributed by atoms with Crippen LogP contribution in [-0.4, -0.2) is 26.9 Å². The van der Waals surface area contributed by atoms with Gasteiger partial charge in [0, 0.05) is 18.8 Å². The van der Waals surface area contributed by atoms with Crippen molar-refractivity contribution in [3.8, 4) is 5.69 Å². The Hall–Kier alpha value is -1.75. The van der Waals surface area contributed by atoms with Gasteiger partial charge in [-0.25, -0.2) is 4.98 Å². The van der Waals surface area contributed by atoms with Gasteiger partial charge in [-0.15, -0.1) is 0 Å². The molecule has 0 bridgehead atoms. The van der Waals surface area contributed by atoms with Gasteiger partial charge in [-0.2, -0.15) is 0 Å². The van der Waals surface area contributed by atoms with Crippen LogP contribution in [-0.2, 0) is 9.53 Å². The Morgan fingerprint density at radius 1 is 1.38 bits per heavy atom. The normalized spacial score (nSPS) is 21.6. The van der Waals surface area contributed by atoms with Crippen molar-refractivity contribution in [1.82, 2.24) is 9.55 Å². The second-order valence-electron chi connectivity index (χ2n) is 5.46. The molecule has 0 radical (unpaired) electrons. The molecule has 0 aliphatic carbocycles. The summed E-state index contributed by atoms with van der Waals surface area (Å²) < 4.78 is 7.26.